The summed E-state index contributed by atoms with van der Waals surface area (Å²) in [4.78, 5) is 16.0. The van der Waals surface area contributed by atoms with E-state index < -0.39 is 0 Å². The van der Waals surface area contributed by atoms with Crippen LogP contribution in [0, 0.1) is 6.92 Å². The summed E-state index contributed by atoms with van der Waals surface area (Å²) in [6.45, 7) is 1.82. The molecular weight excluding hydrogens is 256 g/mol. The molecule has 6 nitrogen and oxygen atoms in total. The molecule has 0 aliphatic rings. The summed E-state index contributed by atoms with van der Waals surface area (Å²) in [6, 6.07) is 7.11. The molecule has 100 valence electrons. The van der Waals surface area contributed by atoms with Crippen LogP contribution in [0.3, 0.4) is 0 Å². The highest BCUT2D eigenvalue weighted by Crippen LogP contribution is 2.10. The molecule has 0 bridgehead atoms. The zero-order chi connectivity index (χ0) is 13.9. The number of pyridine rings is 1. The number of furan rings is 1. The van der Waals surface area contributed by atoms with Gasteiger partial charge in [-0.25, -0.2) is 9.50 Å². The summed E-state index contributed by atoms with van der Waals surface area (Å²) in [5.41, 5.74) is 1.39. The van der Waals surface area contributed by atoms with Gasteiger partial charge in [0.2, 0.25) is 5.91 Å². The Morgan fingerprint density at radius 1 is 1.40 bits per heavy atom. The van der Waals surface area contributed by atoms with Gasteiger partial charge in [0.15, 0.2) is 5.65 Å². The lowest BCUT2D eigenvalue weighted by Gasteiger charge is -2.01. The Kier molecular flexibility index (Phi) is 3.04. The fraction of sp³-hybridized carbons (Fsp3) is 0.0714. The number of aryl methyl sites for hydroxylation is 1. The van der Waals surface area contributed by atoms with Gasteiger partial charge in [-0.15, -0.1) is 0 Å². The molecule has 0 unspecified atom stereocenters. The summed E-state index contributed by atoms with van der Waals surface area (Å²) >= 11 is 0. The van der Waals surface area contributed by atoms with Crippen molar-refractivity contribution < 1.29 is 9.21 Å². The topological polar surface area (TPSA) is 72.4 Å². The number of nitrogens with one attached hydrogen (secondary N) is 1. The van der Waals surface area contributed by atoms with E-state index in [1.165, 1.54) is 6.08 Å². The molecule has 0 radical (unpaired) electrons. The second-order valence-corrected chi connectivity index (χ2v) is 4.22. The van der Waals surface area contributed by atoms with Crippen LogP contribution < -0.4 is 5.32 Å². The minimum Gasteiger partial charge on any atom is -0.465 e. The van der Waals surface area contributed by atoms with E-state index in [9.17, 15) is 4.79 Å². The van der Waals surface area contributed by atoms with Crippen molar-refractivity contribution >= 4 is 23.3 Å². The summed E-state index contributed by atoms with van der Waals surface area (Å²) in [5.74, 6) is 1.08. The smallest absolute Gasteiger partial charge is 0.248 e. The fourth-order valence-electron chi connectivity index (χ4n) is 1.80. The number of carbonyl (C=O) groups excluding carboxylic acids is 1. The van der Waals surface area contributed by atoms with Crippen LogP contribution in [0.4, 0.5) is 5.69 Å². The van der Waals surface area contributed by atoms with Crippen LogP contribution in [-0.2, 0) is 4.79 Å². The first-order valence-corrected chi connectivity index (χ1v) is 6.06. The zero-order valence-electron chi connectivity index (χ0n) is 10.8. The second-order valence-electron chi connectivity index (χ2n) is 4.22. The Labute approximate surface area is 114 Å². The van der Waals surface area contributed by atoms with Crippen molar-refractivity contribution in [2.75, 3.05) is 5.32 Å². The van der Waals surface area contributed by atoms with Crippen molar-refractivity contribution in [1.82, 2.24) is 14.6 Å². The van der Waals surface area contributed by atoms with E-state index in [2.05, 4.69) is 15.4 Å². The number of rotatable bonds is 3. The maximum Gasteiger partial charge on any atom is 0.248 e. The molecule has 1 N–H and O–H groups in total. The quantitative estimate of drug-likeness (QED) is 0.740. The summed E-state index contributed by atoms with van der Waals surface area (Å²) in [6.07, 6.45) is 6.29. The number of aromatic nitrogens is 3. The third-order valence-electron chi connectivity index (χ3n) is 2.65. The summed E-state index contributed by atoms with van der Waals surface area (Å²) < 4.78 is 6.73. The molecule has 1 amide bonds. The lowest BCUT2D eigenvalue weighted by molar-refractivity contribution is -0.111. The maximum atomic E-state index is 11.8. The number of hydrogen-bond acceptors (Lipinski definition) is 4. The van der Waals surface area contributed by atoms with Gasteiger partial charge in [0.1, 0.15) is 11.6 Å². The third kappa shape index (κ3) is 2.59. The minimum atomic E-state index is -0.238. The van der Waals surface area contributed by atoms with Gasteiger partial charge in [-0.3, -0.25) is 4.79 Å². The van der Waals surface area contributed by atoms with Gasteiger partial charge in [-0.1, -0.05) is 0 Å². The normalized spacial score (nSPS) is 11.2. The molecule has 0 fully saturated rings. The monoisotopic (exact) mass is 268 g/mol. The van der Waals surface area contributed by atoms with E-state index in [-0.39, 0.29) is 5.91 Å². The summed E-state index contributed by atoms with van der Waals surface area (Å²) in [5, 5.41) is 6.94. The van der Waals surface area contributed by atoms with Crippen molar-refractivity contribution in [3.05, 3.63) is 54.4 Å². The molecule has 3 rings (SSSR count). The molecule has 20 heavy (non-hydrogen) atoms. The highest BCUT2D eigenvalue weighted by molar-refractivity contribution is 6.01. The van der Waals surface area contributed by atoms with Crippen LogP contribution in [0.15, 0.2) is 47.2 Å². The Hall–Kier alpha value is -2.89. The van der Waals surface area contributed by atoms with Crippen LogP contribution in [-0.4, -0.2) is 20.5 Å². The number of carbonyl (C=O) groups is 1. The Bertz CT molecular complexity index is 772. The zero-order valence-corrected chi connectivity index (χ0v) is 10.8. The van der Waals surface area contributed by atoms with E-state index in [0.29, 0.717) is 17.3 Å². The highest BCUT2D eigenvalue weighted by Gasteiger charge is 2.02. The van der Waals surface area contributed by atoms with E-state index in [0.717, 1.165) is 5.65 Å². The average Bonchev–Trinajstić information content (AvgIpc) is 3.04. The Balaban J connectivity index is 1.73. The molecule has 0 spiro atoms. The fourth-order valence-corrected chi connectivity index (χ4v) is 1.80. The van der Waals surface area contributed by atoms with Crippen molar-refractivity contribution in [2.24, 2.45) is 0 Å². The first-order valence-electron chi connectivity index (χ1n) is 6.06. The van der Waals surface area contributed by atoms with Gasteiger partial charge in [-0.05, 0) is 37.3 Å². The van der Waals surface area contributed by atoms with Gasteiger partial charge in [0, 0.05) is 6.08 Å². The number of amides is 1. The predicted octanol–water partition coefficient (Wildman–Crippen LogP) is 2.28. The van der Waals surface area contributed by atoms with Crippen LogP contribution in [0.5, 0.6) is 0 Å². The van der Waals surface area contributed by atoms with Gasteiger partial charge in [0.05, 0.1) is 18.1 Å². The molecule has 0 saturated heterocycles. The Morgan fingerprint density at radius 3 is 3.10 bits per heavy atom. The molecule has 0 aromatic carbocycles. The number of nitrogens with zero attached hydrogens (tertiary/aromatic N) is 3. The molecule has 0 aliphatic heterocycles. The molecule has 0 saturated carbocycles. The summed E-state index contributed by atoms with van der Waals surface area (Å²) in [7, 11) is 0. The average molecular weight is 268 g/mol. The standard InChI is InChI=1S/C14H12N4O2/c1-10-15-13-6-4-11(9-18(13)17-10)16-14(19)7-5-12-3-2-8-20-12/h2-9H,1H3,(H,16,19)/b7-5+. The van der Waals surface area contributed by atoms with Gasteiger partial charge < -0.3 is 9.73 Å². The molecule has 0 aliphatic carbocycles. The van der Waals surface area contributed by atoms with Crippen LogP contribution >= 0.6 is 0 Å². The molecule has 6 heteroatoms. The highest BCUT2D eigenvalue weighted by atomic mass is 16.3. The van der Waals surface area contributed by atoms with Gasteiger partial charge in [0.25, 0.3) is 0 Å². The number of hydrogen-bond donors (Lipinski definition) is 1. The van der Waals surface area contributed by atoms with Crippen molar-refractivity contribution in [3.63, 3.8) is 0 Å². The largest absolute Gasteiger partial charge is 0.465 e. The predicted molar refractivity (Wildman–Crippen MR) is 74.1 cm³/mol. The molecule has 3 heterocycles. The number of anilines is 1. The van der Waals surface area contributed by atoms with E-state index in [1.807, 2.05) is 6.92 Å². The van der Waals surface area contributed by atoms with Crippen molar-refractivity contribution in [1.29, 1.82) is 0 Å². The van der Waals surface area contributed by atoms with E-state index in [4.69, 9.17) is 4.42 Å². The van der Waals surface area contributed by atoms with Crippen molar-refractivity contribution in [2.45, 2.75) is 6.92 Å². The lowest BCUT2D eigenvalue weighted by atomic mass is 10.3. The van der Waals surface area contributed by atoms with Gasteiger partial charge in [-0.2, -0.15) is 5.10 Å². The van der Waals surface area contributed by atoms with Crippen molar-refractivity contribution in [3.8, 4) is 0 Å². The first kappa shape index (κ1) is 12.2. The van der Waals surface area contributed by atoms with Crippen LogP contribution in [0.1, 0.15) is 11.6 Å². The first-order chi connectivity index (χ1) is 9.70. The lowest BCUT2D eigenvalue weighted by Crippen LogP contribution is -2.08. The van der Waals surface area contributed by atoms with E-state index >= 15 is 0 Å². The molecule has 3 aromatic rings. The van der Waals surface area contributed by atoms with E-state index in [1.54, 1.807) is 47.3 Å². The van der Waals surface area contributed by atoms with Crippen LogP contribution in [0.2, 0.25) is 0 Å². The third-order valence-corrected chi connectivity index (χ3v) is 2.65. The minimum absolute atomic E-state index is 0.238. The van der Waals surface area contributed by atoms with Crippen LogP contribution in [0.25, 0.3) is 11.7 Å². The Morgan fingerprint density at radius 2 is 2.30 bits per heavy atom. The second kappa shape index (κ2) is 5.00. The molecule has 0 atom stereocenters. The van der Waals surface area contributed by atoms with Gasteiger partial charge >= 0.3 is 0 Å². The molecular formula is C14H12N4O2. The maximum absolute atomic E-state index is 11.8. The molecule has 3 aromatic heterocycles. The SMILES string of the molecule is Cc1nc2ccc(NC(=O)/C=C/c3ccco3)cn2n1. The number of fused-ring (bicyclic) bond motifs is 1.